The number of halogens is 2. The highest BCUT2D eigenvalue weighted by Gasteiger charge is 2.42. The van der Waals surface area contributed by atoms with E-state index in [2.05, 4.69) is 11.4 Å². The Hall–Kier alpha value is -0.730. The number of rotatable bonds is 5. The Morgan fingerprint density at radius 3 is 2.76 bits per heavy atom. The number of nitrogens with one attached hydrogen (secondary N) is 1. The maximum absolute atomic E-state index is 11.1. The van der Waals surface area contributed by atoms with Gasteiger partial charge >= 0.3 is 0 Å². The molecule has 1 fully saturated rings. The van der Waals surface area contributed by atoms with Crippen molar-refractivity contribution in [1.29, 1.82) is 0 Å². The van der Waals surface area contributed by atoms with Crippen LogP contribution in [-0.4, -0.2) is 18.3 Å². The van der Waals surface area contributed by atoms with Crippen molar-refractivity contribution in [3.8, 4) is 0 Å². The number of hydrogen-bond donors (Lipinski definition) is 1. The summed E-state index contributed by atoms with van der Waals surface area (Å²) in [6.45, 7) is 0.713. The quantitative estimate of drug-likeness (QED) is 0.820. The molecule has 92 valence electrons. The molecule has 0 radical (unpaired) electrons. The molecule has 0 heterocycles. The standard InChI is InChI=1S/C13H15Cl2NO/c14-8-12(17)16-9-13(4-5-13)7-10-2-1-3-11(15)6-10/h1-3,6H,4-5,7-9H2,(H,16,17). The van der Waals surface area contributed by atoms with E-state index in [1.54, 1.807) is 0 Å². The Labute approximate surface area is 111 Å². The van der Waals surface area contributed by atoms with Gasteiger partial charge in [0.1, 0.15) is 5.88 Å². The minimum absolute atomic E-state index is 0.0350. The van der Waals surface area contributed by atoms with Crippen LogP contribution in [0.2, 0.25) is 5.02 Å². The van der Waals surface area contributed by atoms with Gasteiger partial charge in [-0.25, -0.2) is 0 Å². The maximum Gasteiger partial charge on any atom is 0.234 e. The fourth-order valence-electron chi connectivity index (χ4n) is 2.01. The molecule has 1 aliphatic carbocycles. The Morgan fingerprint density at radius 1 is 1.41 bits per heavy atom. The molecule has 0 bridgehead atoms. The van der Waals surface area contributed by atoms with E-state index in [1.807, 2.05) is 18.2 Å². The molecule has 2 rings (SSSR count). The predicted molar refractivity (Wildman–Crippen MR) is 70.6 cm³/mol. The van der Waals surface area contributed by atoms with Crippen LogP contribution >= 0.6 is 23.2 Å². The van der Waals surface area contributed by atoms with E-state index in [4.69, 9.17) is 23.2 Å². The lowest BCUT2D eigenvalue weighted by molar-refractivity contribution is -0.118. The molecule has 0 aliphatic heterocycles. The number of benzene rings is 1. The van der Waals surface area contributed by atoms with E-state index >= 15 is 0 Å². The molecule has 0 unspecified atom stereocenters. The van der Waals surface area contributed by atoms with Crippen molar-refractivity contribution in [3.63, 3.8) is 0 Å². The summed E-state index contributed by atoms with van der Waals surface area (Å²) in [6.07, 6.45) is 3.28. The summed E-state index contributed by atoms with van der Waals surface area (Å²) in [6, 6.07) is 7.91. The zero-order valence-corrected chi connectivity index (χ0v) is 11.0. The van der Waals surface area contributed by atoms with Crippen molar-refractivity contribution in [3.05, 3.63) is 34.9 Å². The highest BCUT2D eigenvalue weighted by molar-refractivity contribution is 6.30. The number of alkyl halides is 1. The van der Waals surface area contributed by atoms with Gasteiger partial charge in [-0.2, -0.15) is 0 Å². The predicted octanol–water partition coefficient (Wildman–Crippen LogP) is 3.02. The van der Waals surface area contributed by atoms with Gasteiger partial charge in [-0.15, -0.1) is 11.6 Å². The van der Waals surface area contributed by atoms with Crippen LogP contribution in [0.5, 0.6) is 0 Å². The van der Waals surface area contributed by atoms with E-state index in [0.29, 0.717) is 6.54 Å². The molecule has 1 saturated carbocycles. The lowest BCUT2D eigenvalue weighted by Crippen LogP contribution is -2.31. The molecule has 0 atom stereocenters. The van der Waals surface area contributed by atoms with Crippen molar-refractivity contribution in [2.45, 2.75) is 19.3 Å². The van der Waals surface area contributed by atoms with E-state index < -0.39 is 0 Å². The van der Waals surface area contributed by atoms with Crippen molar-refractivity contribution < 1.29 is 4.79 Å². The SMILES string of the molecule is O=C(CCl)NCC1(Cc2cccc(Cl)c2)CC1. The topological polar surface area (TPSA) is 29.1 Å². The second kappa shape index (κ2) is 5.28. The summed E-state index contributed by atoms with van der Waals surface area (Å²) in [5.74, 6) is -0.0585. The minimum atomic E-state index is -0.0935. The highest BCUT2D eigenvalue weighted by Crippen LogP contribution is 2.47. The van der Waals surface area contributed by atoms with E-state index in [9.17, 15) is 4.79 Å². The van der Waals surface area contributed by atoms with Crippen LogP contribution in [0.15, 0.2) is 24.3 Å². The second-order valence-corrected chi connectivity index (χ2v) is 5.42. The second-order valence-electron chi connectivity index (χ2n) is 4.72. The van der Waals surface area contributed by atoms with Gasteiger partial charge in [0.05, 0.1) is 0 Å². The molecule has 2 nitrogen and oxygen atoms in total. The zero-order chi connectivity index (χ0) is 12.3. The Balaban J connectivity index is 1.92. The van der Waals surface area contributed by atoms with Crippen LogP contribution in [0.25, 0.3) is 0 Å². The van der Waals surface area contributed by atoms with Crippen molar-refractivity contribution >= 4 is 29.1 Å². The molecule has 0 saturated heterocycles. The zero-order valence-electron chi connectivity index (χ0n) is 9.51. The largest absolute Gasteiger partial charge is 0.354 e. The smallest absolute Gasteiger partial charge is 0.234 e. The molecule has 17 heavy (non-hydrogen) atoms. The van der Waals surface area contributed by atoms with Crippen LogP contribution in [-0.2, 0) is 11.2 Å². The third-order valence-electron chi connectivity index (χ3n) is 3.21. The normalized spacial score (nSPS) is 16.6. The summed E-state index contributed by atoms with van der Waals surface area (Å²) in [4.78, 5) is 11.1. The Kier molecular flexibility index (Phi) is 3.95. The Bertz CT molecular complexity index is 416. The van der Waals surface area contributed by atoms with Crippen molar-refractivity contribution in [2.24, 2.45) is 5.41 Å². The fraction of sp³-hybridized carbons (Fsp3) is 0.462. The van der Waals surface area contributed by atoms with Gasteiger partial charge in [-0.3, -0.25) is 4.79 Å². The lowest BCUT2D eigenvalue weighted by Gasteiger charge is -2.15. The summed E-state index contributed by atoms with van der Waals surface area (Å²) in [5, 5.41) is 3.63. The summed E-state index contributed by atoms with van der Waals surface area (Å²) in [5.41, 5.74) is 1.46. The first-order valence-corrected chi connectivity index (χ1v) is 6.62. The molecular formula is C13H15Cl2NO. The Morgan fingerprint density at radius 2 is 2.18 bits per heavy atom. The van der Waals surface area contributed by atoms with Crippen LogP contribution in [0.3, 0.4) is 0 Å². The average Bonchev–Trinajstić information content (AvgIpc) is 3.06. The summed E-state index contributed by atoms with van der Waals surface area (Å²) >= 11 is 11.4. The summed E-state index contributed by atoms with van der Waals surface area (Å²) in [7, 11) is 0. The van der Waals surface area contributed by atoms with E-state index in [0.717, 1.165) is 24.3 Å². The van der Waals surface area contributed by atoms with Gasteiger partial charge in [-0.1, -0.05) is 23.7 Å². The first-order valence-electron chi connectivity index (χ1n) is 5.71. The van der Waals surface area contributed by atoms with Crippen LogP contribution in [0.1, 0.15) is 18.4 Å². The molecule has 0 aromatic heterocycles. The first-order chi connectivity index (χ1) is 8.13. The molecule has 1 aromatic carbocycles. The number of carbonyl (C=O) groups is 1. The van der Waals surface area contributed by atoms with Crippen LogP contribution < -0.4 is 5.32 Å². The molecule has 0 spiro atoms. The minimum Gasteiger partial charge on any atom is -0.354 e. The van der Waals surface area contributed by atoms with Gasteiger partial charge in [0.25, 0.3) is 0 Å². The van der Waals surface area contributed by atoms with Crippen molar-refractivity contribution in [1.82, 2.24) is 5.32 Å². The summed E-state index contributed by atoms with van der Waals surface area (Å²) < 4.78 is 0. The maximum atomic E-state index is 11.1. The molecule has 1 aromatic rings. The third-order valence-corrected chi connectivity index (χ3v) is 3.69. The van der Waals surface area contributed by atoms with Gasteiger partial charge in [0, 0.05) is 11.6 Å². The molecule has 1 aliphatic rings. The first kappa shape index (κ1) is 12.7. The molecular weight excluding hydrogens is 257 g/mol. The monoisotopic (exact) mass is 271 g/mol. The van der Waals surface area contributed by atoms with Gasteiger partial charge < -0.3 is 5.32 Å². The lowest BCUT2D eigenvalue weighted by atomic mass is 9.96. The van der Waals surface area contributed by atoms with Gasteiger partial charge in [-0.05, 0) is 42.4 Å². The highest BCUT2D eigenvalue weighted by atomic mass is 35.5. The number of hydrogen-bond acceptors (Lipinski definition) is 1. The fourth-order valence-corrected chi connectivity index (χ4v) is 2.31. The molecule has 4 heteroatoms. The van der Waals surface area contributed by atoms with E-state index in [-0.39, 0.29) is 17.2 Å². The molecule has 1 N–H and O–H groups in total. The van der Waals surface area contributed by atoms with Crippen LogP contribution in [0.4, 0.5) is 0 Å². The van der Waals surface area contributed by atoms with E-state index in [1.165, 1.54) is 5.56 Å². The number of carbonyl (C=O) groups excluding carboxylic acids is 1. The van der Waals surface area contributed by atoms with Gasteiger partial charge in [0.15, 0.2) is 0 Å². The van der Waals surface area contributed by atoms with Crippen molar-refractivity contribution in [2.75, 3.05) is 12.4 Å². The molecule has 1 amide bonds. The number of amides is 1. The van der Waals surface area contributed by atoms with Crippen LogP contribution in [0, 0.1) is 5.41 Å². The third kappa shape index (κ3) is 3.62. The average molecular weight is 272 g/mol. The van der Waals surface area contributed by atoms with Gasteiger partial charge in [0.2, 0.25) is 5.91 Å².